The van der Waals surface area contributed by atoms with Gasteiger partial charge >= 0.3 is 6.36 Å². The molecule has 0 aliphatic carbocycles. The Morgan fingerprint density at radius 1 is 1.13 bits per heavy atom. The van der Waals surface area contributed by atoms with Crippen molar-refractivity contribution >= 4 is 28.4 Å². The van der Waals surface area contributed by atoms with Crippen molar-refractivity contribution in [1.82, 2.24) is 25.1 Å². The van der Waals surface area contributed by atoms with Gasteiger partial charge in [-0.1, -0.05) is 29.8 Å². The number of fused-ring (bicyclic) bond motifs is 1. The number of para-hydroxylation sites is 1. The van der Waals surface area contributed by atoms with Crippen molar-refractivity contribution in [3.63, 3.8) is 0 Å². The molecule has 0 bridgehead atoms. The zero-order valence-electron chi connectivity index (χ0n) is 22.0. The number of rotatable bonds is 8. The Kier molecular flexibility index (Phi) is 8.12. The number of halogens is 4. The van der Waals surface area contributed by atoms with Gasteiger partial charge in [0.2, 0.25) is 5.91 Å². The summed E-state index contributed by atoms with van der Waals surface area (Å²) in [7, 11) is 0. The fraction of sp³-hybridized carbons (Fsp3) is 0.333. The minimum atomic E-state index is -4.90. The molecule has 206 valence electrons. The Bertz CT molecular complexity index is 1540. The Labute approximate surface area is 228 Å². The summed E-state index contributed by atoms with van der Waals surface area (Å²) < 4.78 is 48.6. The molecule has 0 saturated carbocycles. The van der Waals surface area contributed by atoms with Crippen LogP contribution in [-0.4, -0.2) is 38.6 Å². The lowest BCUT2D eigenvalue weighted by Gasteiger charge is -2.21. The molecule has 1 atom stereocenters. The lowest BCUT2D eigenvalue weighted by molar-refractivity contribution is -0.321. The van der Waals surface area contributed by atoms with Crippen molar-refractivity contribution in [2.45, 2.75) is 53.6 Å². The Morgan fingerprint density at radius 2 is 1.87 bits per heavy atom. The van der Waals surface area contributed by atoms with Crippen LogP contribution in [0.4, 0.5) is 13.2 Å². The van der Waals surface area contributed by atoms with Gasteiger partial charge in [-0.15, -0.1) is 13.2 Å². The van der Waals surface area contributed by atoms with Crippen molar-refractivity contribution in [1.29, 1.82) is 0 Å². The standard InChI is InChI=1S/C27H27ClF3N5O3/c1-14-9-20(16(3)33-25(37)13-39-27(29,30)31)21(22(28)10-14)12-38-24-8-6-7-19-23(11-15(2)32-26(19)24)36-18(5)34-17(4)35-36/h6-11,16H,12-13H2,1-5H3,(H,33,37)/t16-/m0/s1. The molecule has 4 rings (SSSR count). The van der Waals surface area contributed by atoms with Gasteiger partial charge in [0.05, 0.1) is 11.7 Å². The molecule has 0 unspecified atom stereocenters. The molecule has 0 saturated heterocycles. The largest absolute Gasteiger partial charge is 0.523 e. The summed E-state index contributed by atoms with van der Waals surface area (Å²) in [5.41, 5.74) is 4.20. The number of alkyl halides is 3. The van der Waals surface area contributed by atoms with Gasteiger partial charge in [0.15, 0.2) is 0 Å². The summed E-state index contributed by atoms with van der Waals surface area (Å²) in [6.07, 6.45) is -4.90. The van der Waals surface area contributed by atoms with Crippen molar-refractivity contribution in [3.05, 3.63) is 75.5 Å². The molecular weight excluding hydrogens is 535 g/mol. The van der Waals surface area contributed by atoms with Crippen LogP contribution in [0, 0.1) is 27.7 Å². The fourth-order valence-electron chi connectivity index (χ4n) is 4.37. The van der Waals surface area contributed by atoms with Crippen LogP contribution in [0.5, 0.6) is 5.75 Å². The lowest BCUT2D eigenvalue weighted by atomic mass is 9.99. The maximum atomic E-state index is 12.3. The summed E-state index contributed by atoms with van der Waals surface area (Å²) in [4.78, 5) is 21.2. The number of carbonyl (C=O) groups excluding carboxylic acids is 1. The van der Waals surface area contributed by atoms with Crippen molar-refractivity contribution < 1.29 is 27.4 Å². The second kappa shape index (κ2) is 11.2. The van der Waals surface area contributed by atoms with Crippen molar-refractivity contribution in [2.75, 3.05) is 6.61 Å². The van der Waals surface area contributed by atoms with E-state index in [1.165, 1.54) is 0 Å². The van der Waals surface area contributed by atoms with Gasteiger partial charge in [0.1, 0.15) is 36.1 Å². The molecule has 0 aliphatic rings. The SMILES string of the molecule is Cc1cc(Cl)c(COc2cccc3c(-n4nc(C)nc4C)cc(C)nc23)c([C@H](C)NC(=O)COC(F)(F)F)c1. The first-order chi connectivity index (χ1) is 18.3. The maximum Gasteiger partial charge on any atom is 0.523 e. The molecular formula is C27H27ClF3N5O3. The second-order valence-corrected chi connectivity index (χ2v) is 9.59. The van der Waals surface area contributed by atoms with E-state index in [0.717, 1.165) is 28.2 Å². The smallest absolute Gasteiger partial charge is 0.487 e. The van der Waals surface area contributed by atoms with Crippen LogP contribution in [0.25, 0.3) is 16.6 Å². The van der Waals surface area contributed by atoms with E-state index in [1.54, 1.807) is 29.8 Å². The molecule has 2 heterocycles. The molecule has 0 radical (unpaired) electrons. The van der Waals surface area contributed by atoms with E-state index in [4.69, 9.17) is 21.3 Å². The number of aryl methyl sites for hydroxylation is 4. The minimum Gasteiger partial charge on any atom is -0.487 e. The lowest BCUT2D eigenvalue weighted by Crippen LogP contribution is -2.33. The molecule has 39 heavy (non-hydrogen) atoms. The number of ether oxygens (including phenoxy) is 2. The van der Waals surface area contributed by atoms with Gasteiger partial charge in [-0.05, 0) is 63.9 Å². The number of pyridine rings is 1. The van der Waals surface area contributed by atoms with Crippen LogP contribution in [-0.2, 0) is 16.1 Å². The summed E-state index contributed by atoms with van der Waals surface area (Å²) in [6.45, 7) is 7.93. The van der Waals surface area contributed by atoms with E-state index >= 15 is 0 Å². The van der Waals surface area contributed by atoms with Gasteiger partial charge < -0.3 is 10.1 Å². The Balaban J connectivity index is 1.64. The first-order valence-corrected chi connectivity index (χ1v) is 12.4. The highest BCUT2D eigenvalue weighted by Crippen LogP contribution is 2.33. The highest BCUT2D eigenvalue weighted by molar-refractivity contribution is 6.31. The number of nitrogens with one attached hydrogen (secondary N) is 1. The third-order valence-electron chi connectivity index (χ3n) is 5.97. The minimum absolute atomic E-state index is 0.0270. The number of hydrogen-bond acceptors (Lipinski definition) is 6. The zero-order valence-corrected chi connectivity index (χ0v) is 22.7. The van der Waals surface area contributed by atoms with E-state index in [-0.39, 0.29) is 6.61 Å². The van der Waals surface area contributed by atoms with Gasteiger partial charge in [-0.25, -0.2) is 14.6 Å². The predicted octanol–water partition coefficient (Wildman–Crippen LogP) is 6.00. The number of hydrogen-bond donors (Lipinski definition) is 1. The summed E-state index contributed by atoms with van der Waals surface area (Å²) >= 11 is 6.57. The highest BCUT2D eigenvalue weighted by atomic mass is 35.5. The maximum absolute atomic E-state index is 12.3. The molecule has 4 aromatic rings. The second-order valence-electron chi connectivity index (χ2n) is 9.18. The zero-order chi connectivity index (χ0) is 28.5. The average molecular weight is 562 g/mol. The number of amides is 1. The normalized spacial score (nSPS) is 12.5. The molecule has 12 heteroatoms. The van der Waals surface area contributed by atoms with Crippen LogP contribution in [0.2, 0.25) is 5.02 Å². The molecule has 8 nitrogen and oxygen atoms in total. The number of nitrogens with zero attached hydrogens (tertiary/aromatic N) is 4. The fourth-order valence-corrected chi connectivity index (χ4v) is 4.70. The van der Waals surface area contributed by atoms with Crippen LogP contribution < -0.4 is 10.1 Å². The van der Waals surface area contributed by atoms with Gasteiger partial charge in [0.25, 0.3) is 0 Å². The Hall–Kier alpha value is -3.70. The van der Waals surface area contributed by atoms with Crippen molar-refractivity contribution in [2.24, 2.45) is 0 Å². The number of benzene rings is 2. The monoisotopic (exact) mass is 561 g/mol. The quantitative estimate of drug-likeness (QED) is 0.284. The molecule has 0 aliphatic heterocycles. The third-order valence-corrected chi connectivity index (χ3v) is 6.31. The first-order valence-electron chi connectivity index (χ1n) is 12.0. The van der Waals surface area contributed by atoms with E-state index in [1.807, 2.05) is 45.9 Å². The molecule has 2 aromatic carbocycles. The van der Waals surface area contributed by atoms with Crippen LogP contribution in [0.3, 0.4) is 0 Å². The van der Waals surface area contributed by atoms with E-state index in [0.29, 0.717) is 33.2 Å². The van der Waals surface area contributed by atoms with E-state index in [9.17, 15) is 18.0 Å². The third kappa shape index (κ3) is 6.66. The number of aromatic nitrogens is 4. The van der Waals surface area contributed by atoms with Gasteiger partial charge in [0, 0.05) is 21.7 Å². The highest BCUT2D eigenvalue weighted by Gasteiger charge is 2.30. The number of carbonyl (C=O) groups is 1. The summed E-state index contributed by atoms with van der Waals surface area (Å²) in [5, 5.41) is 8.25. The van der Waals surface area contributed by atoms with E-state index < -0.39 is 24.9 Å². The summed E-state index contributed by atoms with van der Waals surface area (Å²) in [5.74, 6) is 0.975. The molecule has 1 amide bonds. The average Bonchev–Trinajstić information content (AvgIpc) is 3.18. The van der Waals surface area contributed by atoms with Gasteiger partial charge in [-0.3, -0.25) is 9.53 Å². The van der Waals surface area contributed by atoms with Crippen LogP contribution in [0.15, 0.2) is 36.4 Å². The summed E-state index contributed by atoms with van der Waals surface area (Å²) in [6, 6.07) is 10.4. The van der Waals surface area contributed by atoms with Crippen LogP contribution >= 0.6 is 11.6 Å². The molecule has 0 spiro atoms. The first kappa shape index (κ1) is 28.3. The van der Waals surface area contributed by atoms with Crippen LogP contribution in [0.1, 0.15) is 47.0 Å². The molecule has 1 N–H and O–H groups in total. The Morgan fingerprint density at radius 3 is 2.54 bits per heavy atom. The van der Waals surface area contributed by atoms with Gasteiger partial charge in [-0.2, -0.15) is 5.10 Å². The topological polar surface area (TPSA) is 91.2 Å². The molecule has 2 aromatic heterocycles. The predicted molar refractivity (Wildman–Crippen MR) is 140 cm³/mol. The van der Waals surface area contributed by atoms with Crippen molar-refractivity contribution in [3.8, 4) is 11.4 Å². The molecule has 0 fully saturated rings. The van der Waals surface area contributed by atoms with E-state index in [2.05, 4.69) is 20.1 Å².